The molecular weight excluding hydrogens is 408 g/mol. The van der Waals surface area contributed by atoms with Crippen molar-refractivity contribution in [3.63, 3.8) is 0 Å². The predicted octanol–water partition coefficient (Wildman–Crippen LogP) is 3.11. The summed E-state index contributed by atoms with van der Waals surface area (Å²) >= 11 is 2.25. The first kappa shape index (κ1) is 16.1. The Labute approximate surface area is 147 Å². The molecule has 120 valence electrons. The molecule has 2 aromatic heterocycles. The molecule has 0 fully saturated rings. The summed E-state index contributed by atoms with van der Waals surface area (Å²) in [6.07, 6.45) is 3.64. The summed E-state index contributed by atoms with van der Waals surface area (Å²) in [7, 11) is 4.06. The number of imidazole rings is 1. The minimum atomic E-state index is -0.250. The van der Waals surface area contributed by atoms with Crippen molar-refractivity contribution < 1.29 is 4.39 Å². The third-order valence-electron chi connectivity index (χ3n) is 3.45. The third-order valence-corrected chi connectivity index (χ3v) is 4.48. The molecule has 0 aliphatic carbocycles. The van der Waals surface area contributed by atoms with E-state index in [0.29, 0.717) is 0 Å². The molecule has 5 nitrogen and oxygen atoms in total. The van der Waals surface area contributed by atoms with Crippen LogP contribution in [-0.2, 0) is 0 Å². The summed E-state index contributed by atoms with van der Waals surface area (Å²) in [6.45, 7) is 1.69. The Morgan fingerprint density at radius 2 is 2.00 bits per heavy atom. The molecule has 2 heterocycles. The van der Waals surface area contributed by atoms with Crippen LogP contribution in [0.15, 0.2) is 36.7 Å². The summed E-state index contributed by atoms with van der Waals surface area (Å²) < 4.78 is 16.1. The standard InChI is InChI=1S/C16H17FIN5/c1-22(2)9-7-19-15-16-21-13(11-3-5-12(17)6-4-11)14(18)23(16)10-8-20-15/h3-6,8,10H,7,9H2,1-2H3,(H,19,20). The van der Waals surface area contributed by atoms with E-state index >= 15 is 0 Å². The number of aromatic nitrogens is 3. The number of hydrogen-bond acceptors (Lipinski definition) is 4. The highest BCUT2D eigenvalue weighted by molar-refractivity contribution is 14.1. The maximum absolute atomic E-state index is 13.1. The molecule has 3 rings (SSSR count). The molecule has 7 heteroatoms. The zero-order chi connectivity index (χ0) is 16.4. The number of likely N-dealkylation sites (N-methyl/N-ethyl adjacent to an activating group) is 1. The summed E-state index contributed by atoms with van der Waals surface area (Å²) in [5.74, 6) is 0.501. The lowest BCUT2D eigenvalue weighted by Gasteiger charge is -2.11. The monoisotopic (exact) mass is 425 g/mol. The molecule has 0 amide bonds. The Morgan fingerprint density at radius 3 is 2.70 bits per heavy atom. The van der Waals surface area contributed by atoms with Crippen molar-refractivity contribution in [2.75, 3.05) is 32.5 Å². The van der Waals surface area contributed by atoms with Gasteiger partial charge >= 0.3 is 0 Å². The smallest absolute Gasteiger partial charge is 0.181 e. The fourth-order valence-corrected chi connectivity index (χ4v) is 3.08. The van der Waals surface area contributed by atoms with E-state index in [1.807, 2.05) is 24.7 Å². The van der Waals surface area contributed by atoms with Gasteiger partial charge in [-0.25, -0.2) is 14.4 Å². The number of halogens is 2. The second-order valence-electron chi connectivity index (χ2n) is 5.46. The SMILES string of the molecule is CN(C)CCNc1nccn2c(I)c(-c3ccc(F)cc3)nc12. The van der Waals surface area contributed by atoms with Gasteiger partial charge in [0.1, 0.15) is 15.2 Å². The van der Waals surface area contributed by atoms with E-state index in [0.717, 1.165) is 39.5 Å². The predicted molar refractivity (Wildman–Crippen MR) is 98.1 cm³/mol. The molecule has 0 aliphatic heterocycles. The topological polar surface area (TPSA) is 45.5 Å². The van der Waals surface area contributed by atoms with E-state index in [2.05, 4.69) is 37.8 Å². The molecule has 3 aromatic rings. The van der Waals surface area contributed by atoms with Crippen LogP contribution in [0.25, 0.3) is 16.9 Å². The van der Waals surface area contributed by atoms with Gasteiger partial charge in [0.2, 0.25) is 0 Å². The molecule has 0 saturated heterocycles. The Hall–Kier alpha value is -1.74. The number of benzene rings is 1. The maximum atomic E-state index is 13.1. The normalized spacial score (nSPS) is 11.3. The number of nitrogens with one attached hydrogen (secondary N) is 1. The highest BCUT2D eigenvalue weighted by atomic mass is 127. The summed E-state index contributed by atoms with van der Waals surface area (Å²) in [6, 6.07) is 6.38. The zero-order valence-corrected chi connectivity index (χ0v) is 15.1. The van der Waals surface area contributed by atoms with Crippen LogP contribution in [0.1, 0.15) is 0 Å². The molecule has 23 heavy (non-hydrogen) atoms. The van der Waals surface area contributed by atoms with Crippen molar-refractivity contribution in [1.29, 1.82) is 0 Å². The minimum Gasteiger partial charge on any atom is -0.366 e. The molecule has 0 aliphatic rings. The van der Waals surface area contributed by atoms with Crippen molar-refractivity contribution in [1.82, 2.24) is 19.3 Å². The molecule has 0 unspecified atom stereocenters. The van der Waals surface area contributed by atoms with E-state index in [9.17, 15) is 4.39 Å². The fourth-order valence-electron chi connectivity index (χ4n) is 2.26. The Kier molecular flexibility index (Phi) is 4.76. The van der Waals surface area contributed by atoms with Gasteiger partial charge in [0.15, 0.2) is 11.5 Å². The van der Waals surface area contributed by atoms with Crippen LogP contribution in [0.3, 0.4) is 0 Å². The number of nitrogens with zero attached hydrogens (tertiary/aromatic N) is 4. The van der Waals surface area contributed by atoms with Gasteiger partial charge in [-0.1, -0.05) is 0 Å². The molecule has 0 saturated carbocycles. The summed E-state index contributed by atoms with van der Waals surface area (Å²) in [4.78, 5) is 11.2. The molecule has 1 N–H and O–H groups in total. The van der Waals surface area contributed by atoms with Crippen LogP contribution in [-0.4, -0.2) is 46.5 Å². The first-order valence-electron chi connectivity index (χ1n) is 7.23. The zero-order valence-electron chi connectivity index (χ0n) is 12.9. The lowest BCUT2D eigenvalue weighted by molar-refractivity contribution is 0.425. The maximum Gasteiger partial charge on any atom is 0.181 e. The van der Waals surface area contributed by atoms with Crippen LogP contribution >= 0.6 is 22.6 Å². The van der Waals surface area contributed by atoms with Gasteiger partial charge in [0.05, 0.1) is 0 Å². The number of hydrogen-bond donors (Lipinski definition) is 1. The van der Waals surface area contributed by atoms with Crippen molar-refractivity contribution in [3.8, 4) is 11.3 Å². The first-order valence-corrected chi connectivity index (χ1v) is 8.31. The van der Waals surface area contributed by atoms with Gasteiger partial charge in [0.25, 0.3) is 0 Å². The van der Waals surface area contributed by atoms with E-state index in [-0.39, 0.29) is 5.82 Å². The average Bonchev–Trinajstić information content (AvgIpc) is 2.86. The van der Waals surface area contributed by atoms with Crippen LogP contribution < -0.4 is 5.32 Å². The molecule has 0 atom stereocenters. The van der Waals surface area contributed by atoms with Gasteiger partial charge in [-0.05, 0) is 61.0 Å². The van der Waals surface area contributed by atoms with Gasteiger partial charge in [0, 0.05) is 31.0 Å². The second-order valence-corrected chi connectivity index (χ2v) is 6.48. The molecule has 1 aromatic carbocycles. The molecular formula is C16H17FIN5. The quantitative estimate of drug-likeness (QED) is 0.639. The average molecular weight is 425 g/mol. The Bertz CT molecular complexity index is 813. The van der Waals surface area contributed by atoms with Gasteiger partial charge in [-0.2, -0.15) is 0 Å². The number of fused-ring (bicyclic) bond motifs is 1. The van der Waals surface area contributed by atoms with Gasteiger partial charge < -0.3 is 10.2 Å². The van der Waals surface area contributed by atoms with Crippen LogP contribution in [0.5, 0.6) is 0 Å². The molecule has 0 bridgehead atoms. The van der Waals surface area contributed by atoms with Crippen molar-refractivity contribution in [2.24, 2.45) is 0 Å². The van der Waals surface area contributed by atoms with Crippen molar-refractivity contribution in [2.45, 2.75) is 0 Å². The second kappa shape index (κ2) is 6.79. The highest BCUT2D eigenvalue weighted by Gasteiger charge is 2.15. The fraction of sp³-hybridized carbons (Fsp3) is 0.250. The van der Waals surface area contributed by atoms with E-state index < -0.39 is 0 Å². The van der Waals surface area contributed by atoms with Crippen LogP contribution in [0, 0.1) is 9.52 Å². The largest absolute Gasteiger partial charge is 0.366 e. The number of rotatable bonds is 5. The van der Waals surface area contributed by atoms with E-state index in [1.54, 1.807) is 18.3 Å². The van der Waals surface area contributed by atoms with Crippen molar-refractivity contribution in [3.05, 3.63) is 46.2 Å². The van der Waals surface area contributed by atoms with Crippen LogP contribution in [0.4, 0.5) is 10.2 Å². The first-order chi connectivity index (χ1) is 11.1. The Morgan fingerprint density at radius 1 is 1.26 bits per heavy atom. The third kappa shape index (κ3) is 3.45. The van der Waals surface area contributed by atoms with E-state index in [1.165, 1.54) is 12.1 Å². The van der Waals surface area contributed by atoms with Gasteiger partial charge in [-0.15, -0.1) is 0 Å². The minimum absolute atomic E-state index is 0.250. The lowest BCUT2D eigenvalue weighted by Crippen LogP contribution is -2.21. The molecule has 0 spiro atoms. The highest BCUT2D eigenvalue weighted by Crippen LogP contribution is 2.27. The Balaban J connectivity index is 1.98. The lowest BCUT2D eigenvalue weighted by atomic mass is 10.2. The van der Waals surface area contributed by atoms with Gasteiger partial charge in [-0.3, -0.25) is 4.40 Å². The van der Waals surface area contributed by atoms with Crippen LogP contribution in [0.2, 0.25) is 0 Å². The van der Waals surface area contributed by atoms with Crippen molar-refractivity contribution >= 4 is 34.1 Å². The number of anilines is 1. The summed E-state index contributed by atoms with van der Waals surface area (Å²) in [5, 5.41) is 3.32. The molecule has 0 radical (unpaired) electrons. The van der Waals surface area contributed by atoms with E-state index in [4.69, 9.17) is 4.98 Å². The summed E-state index contributed by atoms with van der Waals surface area (Å²) in [5.41, 5.74) is 2.49.